The lowest BCUT2D eigenvalue weighted by Crippen LogP contribution is -2.10. The van der Waals surface area contributed by atoms with E-state index in [2.05, 4.69) is 11.5 Å². The fourth-order valence-corrected chi connectivity index (χ4v) is 3.14. The Hall–Kier alpha value is -0.370. The Balaban J connectivity index is 3.04. The molecule has 1 N–H and O–H groups in total. The van der Waals surface area contributed by atoms with Gasteiger partial charge in [-0.05, 0) is 6.42 Å². The zero-order valence-corrected chi connectivity index (χ0v) is 16.2. The standard InChI is InChI=1S/C21H44NO/c1-3-4-5-6-7-8-9-10-11-12-13-14-15-16-17-18-19-22(2)20-21-23/h20,23H,3-19,21H2,1-2H3/q+1. The average molecular weight is 327 g/mol. The van der Waals surface area contributed by atoms with Gasteiger partial charge in [-0.15, -0.1) is 0 Å². The average Bonchev–Trinajstić information content (AvgIpc) is 2.54. The lowest BCUT2D eigenvalue weighted by Gasteiger charge is -2.03. The summed E-state index contributed by atoms with van der Waals surface area (Å²) in [6.07, 6.45) is 24.5. The Bertz CT molecular complexity index is 250. The minimum Gasteiger partial charge on any atom is -0.386 e. The highest BCUT2D eigenvalue weighted by Gasteiger charge is 1.97. The van der Waals surface area contributed by atoms with Gasteiger partial charge in [-0.3, -0.25) is 0 Å². The molecule has 0 bridgehead atoms. The van der Waals surface area contributed by atoms with Gasteiger partial charge in [0.2, 0.25) is 0 Å². The molecule has 0 saturated heterocycles. The molecular weight excluding hydrogens is 282 g/mol. The molecule has 0 aliphatic carbocycles. The van der Waals surface area contributed by atoms with Gasteiger partial charge in [0.1, 0.15) is 20.2 Å². The molecule has 0 aliphatic heterocycles. The van der Waals surface area contributed by atoms with Crippen molar-refractivity contribution in [3.63, 3.8) is 0 Å². The van der Waals surface area contributed by atoms with Crippen molar-refractivity contribution >= 4 is 6.21 Å². The van der Waals surface area contributed by atoms with E-state index in [9.17, 15) is 0 Å². The van der Waals surface area contributed by atoms with E-state index in [4.69, 9.17) is 5.11 Å². The second kappa shape index (κ2) is 19.7. The molecule has 0 radical (unpaired) electrons. The van der Waals surface area contributed by atoms with Gasteiger partial charge in [-0.25, -0.2) is 4.58 Å². The first-order valence-corrected chi connectivity index (χ1v) is 10.5. The van der Waals surface area contributed by atoms with Crippen LogP contribution in [-0.2, 0) is 0 Å². The zero-order valence-electron chi connectivity index (χ0n) is 16.2. The SMILES string of the molecule is CCCCCCCCCCCCCCCCCC[N+](C)=CCO. The maximum atomic E-state index is 8.77. The van der Waals surface area contributed by atoms with Gasteiger partial charge in [0.05, 0.1) is 0 Å². The Labute approximate surface area is 146 Å². The van der Waals surface area contributed by atoms with Crippen LogP contribution >= 0.6 is 0 Å². The molecule has 0 heterocycles. The molecule has 0 saturated carbocycles. The number of hydrogen-bond donors (Lipinski definition) is 1. The molecule has 0 aromatic rings. The normalized spacial score (nSPS) is 12.0. The molecule has 0 fully saturated rings. The molecule has 0 aromatic carbocycles. The molecule has 0 aliphatic rings. The molecule has 0 rings (SSSR count). The number of nitrogens with zero attached hydrogens (tertiary/aromatic N) is 1. The summed E-state index contributed by atoms with van der Waals surface area (Å²) in [4.78, 5) is 0. The van der Waals surface area contributed by atoms with Crippen molar-refractivity contribution < 1.29 is 9.68 Å². The van der Waals surface area contributed by atoms with Gasteiger partial charge >= 0.3 is 0 Å². The fourth-order valence-electron chi connectivity index (χ4n) is 3.14. The molecule has 0 aromatic heterocycles. The van der Waals surface area contributed by atoms with Crippen molar-refractivity contribution in [3.8, 4) is 0 Å². The van der Waals surface area contributed by atoms with Crippen molar-refractivity contribution in [3.05, 3.63) is 0 Å². The smallest absolute Gasteiger partial charge is 0.165 e. The van der Waals surface area contributed by atoms with Gasteiger partial charge in [-0.1, -0.05) is 96.8 Å². The van der Waals surface area contributed by atoms with E-state index >= 15 is 0 Å². The highest BCUT2D eigenvalue weighted by molar-refractivity contribution is 5.51. The summed E-state index contributed by atoms with van der Waals surface area (Å²) in [5, 5.41) is 8.77. The molecule has 23 heavy (non-hydrogen) atoms. The summed E-state index contributed by atoms with van der Waals surface area (Å²) in [7, 11) is 2.04. The highest BCUT2D eigenvalue weighted by atomic mass is 16.3. The van der Waals surface area contributed by atoms with Crippen molar-refractivity contribution in [2.24, 2.45) is 0 Å². The van der Waals surface area contributed by atoms with Gasteiger partial charge in [0, 0.05) is 6.42 Å². The van der Waals surface area contributed by atoms with Crippen LogP contribution in [0.5, 0.6) is 0 Å². The number of aliphatic hydroxyl groups excluding tert-OH is 1. The van der Waals surface area contributed by atoms with E-state index < -0.39 is 0 Å². The maximum Gasteiger partial charge on any atom is 0.165 e. The third-order valence-corrected chi connectivity index (χ3v) is 4.76. The van der Waals surface area contributed by atoms with E-state index in [0.29, 0.717) is 0 Å². The number of unbranched alkanes of at least 4 members (excludes halogenated alkanes) is 15. The molecule has 138 valence electrons. The summed E-state index contributed by atoms with van der Waals surface area (Å²) in [5.41, 5.74) is 0. The van der Waals surface area contributed by atoms with Crippen LogP contribution < -0.4 is 0 Å². The monoisotopic (exact) mass is 326 g/mol. The first kappa shape index (κ1) is 22.6. The fraction of sp³-hybridized carbons (Fsp3) is 0.952. The largest absolute Gasteiger partial charge is 0.386 e. The van der Waals surface area contributed by atoms with Gasteiger partial charge < -0.3 is 5.11 Å². The second-order valence-electron chi connectivity index (χ2n) is 7.15. The zero-order chi connectivity index (χ0) is 17.0. The van der Waals surface area contributed by atoms with Crippen molar-refractivity contribution in [2.45, 2.75) is 110 Å². The molecule has 0 unspecified atom stereocenters. The number of hydrogen-bond acceptors (Lipinski definition) is 1. The van der Waals surface area contributed by atoms with Gasteiger partial charge in [0.25, 0.3) is 0 Å². The van der Waals surface area contributed by atoms with Crippen molar-refractivity contribution in [1.82, 2.24) is 0 Å². The minimum absolute atomic E-state index is 0.162. The van der Waals surface area contributed by atoms with E-state index in [1.165, 1.54) is 103 Å². The van der Waals surface area contributed by atoms with Crippen LogP contribution in [-0.4, -0.2) is 36.1 Å². The summed E-state index contributed by atoms with van der Waals surface area (Å²) in [6.45, 7) is 3.53. The van der Waals surface area contributed by atoms with Crippen LogP contribution in [0.3, 0.4) is 0 Å². The predicted molar refractivity (Wildman–Crippen MR) is 104 cm³/mol. The third kappa shape index (κ3) is 19.6. The quantitative estimate of drug-likeness (QED) is 0.188. The van der Waals surface area contributed by atoms with Crippen LogP contribution in [0.2, 0.25) is 0 Å². The van der Waals surface area contributed by atoms with Crippen molar-refractivity contribution in [1.29, 1.82) is 0 Å². The lowest BCUT2D eigenvalue weighted by atomic mass is 10.0. The molecule has 2 nitrogen and oxygen atoms in total. The van der Waals surface area contributed by atoms with Crippen LogP contribution in [0, 0.1) is 0 Å². The minimum atomic E-state index is 0.162. The lowest BCUT2D eigenvalue weighted by molar-refractivity contribution is -0.494. The molecule has 0 amide bonds. The van der Waals surface area contributed by atoms with Gasteiger partial charge in [0.15, 0.2) is 6.21 Å². The van der Waals surface area contributed by atoms with E-state index in [-0.39, 0.29) is 6.61 Å². The molecule has 0 spiro atoms. The Morgan fingerprint density at radius 1 is 0.609 bits per heavy atom. The number of rotatable bonds is 18. The van der Waals surface area contributed by atoms with Crippen LogP contribution in [0.25, 0.3) is 0 Å². The van der Waals surface area contributed by atoms with Crippen LogP contribution in [0.15, 0.2) is 0 Å². The Kier molecular flexibility index (Phi) is 19.4. The summed E-state index contributed by atoms with van der Waals surface area (Å²) in [5.74, 6) is 0. The molecule has 2 heteroatoms. The van der Waals surface area contributed by atoms with E-state index in [0.717, 1.165) is 6.54 Å². The van der Waals surface area contributed by atoms with E-state index in [1.54, 1.807) is 0 Å². The van der Waals surface area contributed by atoms with Crippen LogP contribution in [0.1, 0.15) is 110 Å². The third-order valence-electron chi connectivity index (χ3n) is 4.76. The topological polar surface area (TPSA) is 23.2 Å². The van der Waals surface area contributed by atoms with E-state index in [1.807, 2.05) is 13.3 Å². The Morgan fingerprint density at radius 2 is 0.957 bits per heavy atom. The highest BCUT2D eigenvalue weighted by Crippen LogP contribution is 2.13. The van der Waals surface area contributed by atoms with Crippen LogP contribution in [0.4, 0.5) is 0 Å². The van der Waals surface area contributed by atoms with Gasteiger partial charge in [-0.2, -0.15) is 0 Å². The maximum absolute atomic E-state index is 8.77. The summed E-state index contributed by atoms with van der Waals surface area (Å²) < 4.78 is 2.10. The Morgan fingerprint density at radius 3 is 1.30 bits per heavy atom. The van der Waals surface area contributed by atoms with Crippen molar-refractivity contribution in [2.75, 3.05) is 20.2 Å². The first-order chi connectivity index (χ1) is 11.3. The second-order valence-corrected chi connectivity index (χ2v) is 7.15. The molecular formula is C21H44NO+. The number of aliphatic hydroxyl groups is 1. The summed E-state index contributed by atoms with van der Waals surface area (Å²) in [6, 6.07) is 0. The predicted octanol–water partition coefficient (Wildman–Crippen LogP) is 5.95. The molecule has 0 atom stereocenters. The first-order valence-electron chi connectivity index (χ1n) is 10.5. The summed E-state index contributed by atoms with van der Waals surface area (Å²) >= 11 is 0.